The Bertz CT molecular complexity index is 1710. The average molecular weight is 468 g/mol. The summed E-state index contributed by atoms with van der Waals surface area (Å²) in [4.78, 5) is 7.73. The van der Waals surface area contributed by atoms with Gasteiger partial charge < -0.3 is 10.2 Å². The first-order valence-corrected chi connectivity index (χ1v) is 12.7. The Kier molecular flexibility index (Phi) is 5.02. The van der Waals surface area contributed by atoms with E-state index in [9.17, 15) is 0 Å². The lowest BCUT2D eigenvalue weighted by Crippen LogP contribution is -2.33. The summed E-state index contributed by atoms with van der Waals surface area (Å²) >= 11 is 0. The fourth-order valence-corrected chi connectivity index (χ4v) is 5.48. The highest BCUT2D eigenvalue weighted by molar-refractivity contribution is 6.11. The molecule has 0 spiro atoms. The van der Waals surface area contributed by atoms with Gasteiger partial charge in [0, 0.05) is 59.5 Å². The third-order valence-corrected chi connectivity index (χ3v) is 7.21. The summed E-state index contributed by atoms with van der Waals surface area (Å²) in [6.45, 7) is 2.24. The third kappa shape index (κ3) is 3.54. The van der Waals surface area contributed by atoms with Crippen LogP contribution in [0.25, 0.3) is 38.5 Å². The summed E-state index contributed by atoms with van der Waals surface area (Å²) < 4.78 is 2.37. The van der Waals surface area contributed by atoms with Crippen molar-refractivity contribution in [1.29, 1.82) is 0 Å². The molecule has 6 aromatic rings. The molecule has 7 rings (SSSR count). The average Bonchev–Trinajstić information content (AvgIpc) is 3.48. The Morgan fingerprint density at radius 1 is 0.667 bits per heavy atom. The van der Waals surface area contributed by atoms with Gasteiger partial charge >= 0.3 is 0 Å². The van der Waals surface area contributed by atoms with Crippen molar-refractivity contribution in [3.8, 4) is 5.69 Å². The summed E-state index contributed by atoms with van der Waals surface area (Å²) in [7, 11) is 0. The Labute approximate surface area is 210 Å². The van der Waals surface area contributed by atoms with Crippen LogP contribution >= 0.6 is 0 Å². The van der Waals surface area contributed by atoms with E-state index in [1.165, 1.54) is 18.5 Å². The minimum absolute atomic E-state index is 1.00. The van der Waals surface area contributed by atoms with E-state index in [1.807, 2.05) is 6.07 Å². The second-order valence-electron chi connectivity index (χ2n) is 9.48. The molecule has 0 amide bonds. The van der Waals surface area contributed by atoms with Gasteiger partial charge in [-0.15, -0.1) is 4.57 Å². The number of para-hydroxylation sites is 2. The van der Waals surface area contributed by atoms with Gasteiger partial charge in [0.2, 0.25) is 16.7 Å². The van der Waals surface area contributed by atoms with Gasteiger partial charge in [-0.1, -0.05) is 60.7 Å². The number of nitrogens with zero attached hydrogens (tertiary/aromatic N) is 3. The van der Waals surface area contributed by atoms with Crippen molar-refractivity contribution >= 4 is 49.9 Å². The molecule has 0 atom stereocenters. The minimum atomic E-state index is 1.00. The number of hydrogen-bond donors (Lipinski definition) is 1. The van der Waals surface area contributed by atoms with Crippen LogP contribution in [0.1, 0.15) is 12.8 Å². The van der Waals surface area contributed by atoms with E-state index in [4.69, 9.17) is 4.98 Å². The fraction of sp³-hybridized carbons (Fsp3) is 0.125. The smallest absolute Gasteiger partial charge is 0.240 e. The summed E-state index contributed by atoms with van der Waals surface area (Å²) in [5.41, 5.74) is 8.77. The molecule has 1 N–H and O–H groups in total. The van der Waals surface area contributed by atoms with Crippen molar-refractivity contribution < 1.29 is 4.57 Å². The first kappa shape index (κ1) is 20.9. The van der Waals surface area contributed by atoms with Gasteiger partial charge in [0.05, 0.1) is 5.69 Å². The van der Waals surface area contributed by atoms with Crippen LogP contribution in [0.15, 0.2) is 109 Å². The molecule has 1 saturated heterocycles. The number of rotatable bonds is 4. The fourth-order valence-electron chi connectivity index (χ4n) is 5.48. The molecule has 1 aromatic heterocycles. The number of fused-ring (bicyclic) bond motifs is 4. The van der Waals surface area contributed by atoms with Crippen LogP contribution in [-0.2, 0) is 0 Å². The highest BCUT2D eigenvalue weighted by Gasteiger charge is 2.24. The quantitative estimate of drug-likeness (QED) is 0.170. The lowest BCUT2D eigenvalue weighted by atomic mass is 10.0. The van der Waals surface area contributed by atoms with Gasteiger partial charge in [-0.25, -0.2) is 4.98 Å². The zero-order chi connectivity index (χ0) is 23.9. The molecule has 0 aliphatic carbocycles. The highest BCUT2D eigenvalue weighted by Crippen LogP contribution is 2.34. The molecule has 1 fully saturated rings. The molecule has 1 aliphatic rings. The van der Waals surface area contributed by atoms with E-state index in [1.54, 1.807) is 0 Å². The lowest BCUT2D eigenvalue weighted by molar-refractivity contribution is -0.538. The molecule has 0 radical (unpaired) electrons. The molecule has 174 valence electrons. The number of nitrogens with one attached hydrogen (secondary N) is 1. The minimum Gasteiger partial charge on any atom is -0.371 e. The summed E-state index contributed by atoms with van der Waals surface area (Å²) in [5.74, 6) is 0. The Balaban J connectivity index is 1.57. The maximum Gasteiger partial charge on any atom is 0.240 e. The molecule has 4 heteroatoms. The topological polar surface area (TPSA) is 32.0 Å². The predicted octanol–water partition coefficient (Wildman–Crippen LogP) is 7.16. The summed E-state index contributed by atoms with van der Waals surface area (Å²) in [6, 6.07) is 38.6. The van der Waals surface area contributed by atoms with Crippen LogP contribution in [0.3, 0.4) is 0 Å². The van der Waals surface area contributed by atoms with Crippen molar-refractivity contribution in [2.45, 2.75) is 12.8 Å². The van der Waals surface area contributed by atoms with E-state index >= 15 is 0 Å². The van der Waals surface area contributed by atoms with Gasteiger partial charge in [-0.2, -0.15) is 0 Å². The molecular weight excluding hydrogens is 440 g/mol. The summed E-state index contributed by atoms with van der Waals surface area (Å²) in [5, 5.41) is 5.98. The maximum absolute atomic E-state index is 5.24. The van der Waals surface area contributed by atoms with E-state index < -0.39 is 0 Å². The van der Waals surface area contributed by atoms with E-state index in [0.717, 1.165) is 63.0 Å². The second-order valence-corrected chi connectivity index (χ2v) is 9.48. The third-order valence-electron chi connectivity index (χ3n) is 7.21. The molecule has 2 heterocycles. The zero-order valence-electron chi connectivity index (χ0n) is 20.1. The largest absolute Gasteiger partial charge is 0.371 e. The first-order valence-electron chi connectivity index (χ1n) is 12.7. The van der Waals surface area contributed by atoms with Crippen molar-refractivity contribution in [3.63, 3.8) is 0 Å². The number of benzene rings is 5. The number of aromatic nitrogens is 2. The van der Waals surface area contributed by atoms with Crippen LogP contribution in [0.4, 0.5) is 17.1 Å². The van der Waals surface area contributed by atoms with E-state index in [-0.39, 0.29) is 0 Å². The molecule has 4 nitrogen and oxygen atoms in total. The van der Waals surface area contributed by atoms with Gasteiger partial charge in [0.25, 0.3) is 0 Å². The van der Waals surface area contributed by atoms with Crippen molar-refractivity contribution in [3.05, 3.63) is 109 Å². The second kappa shape index (κ2) is 8.65. The van der Waals surface area contributed by atoms with Crippen LogP contribution in [0.2, 0.25) is 0 Å². The highest BCUT2D eigenvalue weighted by atomic mass is 15.1. The lowest BCUT2D eigenvalue weighted by Gasteiger charge is -2.18. The molecular formula is C32H27N4+. The van der Waals surface area contributed by atoms with E-state index in [2.05, 4.69) is 118 Å². The predicted molar refractivity (Wildman–Crippen MR) is 149 cm³/mol. The Morgan fingerprint density at radius 3 is 2.14 bits per heavy atom. The summed E-state index contributed by atoms with van der Waals surface area (Å²) in [6.07, 6.45) is 2.51. The monoisotopic (exact) mass is 467 g/mol. The van der Waals surface area contributed by atoms with Crippen LogP contribution < -0.4 is 14.8 Å². The molecule has 0 bridgehead atoms. The molecule has 0 unspecified atom stereocenters. The number of anilines is 3. The van der Waals surface area contributed by atoms with Gasteiger partial charge in [0.1, 0.15) is 11.0 Å². The van der Waals surface area contributed by atoms with Crippen molar-refractivity contribution in [1.82, 2.24) is 4.98 Å². The SMILES string of the molecule is c1ccc(Nc2cc3c(nc4ccc(N5CCCC5)cc4[n+]3-c3ccccc3)c3ccccc23)cc1. The standard InChI is InChI=1S/C32H26N4/c1-3-11-23(12-4-1)33-29-22-31-32(27-16-8-7-15-26(27)29)34-28-18-17-25(35-19-9-10-20-35)21-30(28)36(31)24-13-5-2-6-14-24/h1-8,11-18,21-22H,9-10,19-20H2/p+1. The van der Waals surface area contributed by atoms with Gasteiger partial charge in [-0.05, 0) is 37.1 Å². The normalized spacial score (nSPS) is 13.6. The maximum atomic E-state index is 5.24. The number of hydrogen-bond acceptors (Lipinski definition) is 3. The van der Waals surface area contributed by atoms with E-state index in [0.29, 0.717) is 0 Å². The van der Waals surface area contributed by atoms with Crippen molar-refractivity contribution in [2.75, 3.05) is 23.3 Å². The zero-order valence-corrected chi connectivity index (χ0v) is 20.1. The van der Waals surface area contributed by atoms with Gasteiger partial charge in [-0.3, -0.25) is 0 Å². The van der Waals surface area contributed by atoms with Crippen molar-refractivity contribution in [2.24, 2.45) is 0 Å². The van der Waals surface area contributed by atoms with Crippen LogP contribution in [0.5, 0.6) is 0 Å². The van der Waals surface area contributed by atoms with Gasteiger partial charge in [0.15, 0.2) is 0 Å². The van der Waals surface area contributed by atoms with Crippen LogP contribution in [-0.4, -0.2) is 18.1 Å². The molecule has 1 aliphatic heterocycles. The molecule has 36 heavy (non-hydrogen) atoms. The van der Waals surface area contributed by atoms with Crippen LogP contribution in [0, 0.1) is 0 Å². The Hall–Kier alpha value is -4.44. The first-order chi connectivity index (χ1) is 17.8. The molecule has 5 aromatic carbocycles. The Morgan fingerprint density at radius 2 is 1.36 bits per heavy atom. The molecule has 0 saturated carbocycles.